The third kappa shape index (κ3) is 4.56. The number of rotatable bonds is 6. The zero-order valence-corrected chi connectivity index (χ0v) is 22.8. The van der Waals surface area contributed by atoms with E-state index in [1.54, 1.807) is 13.8 Å². The van der Waals surface area contributed by atoms with Crippen molar-refractivity contribution >= 4 is 40.3 Å². The van der Waals surface area contributed by atoms with Crippen LogP contribution < -0.4 is 21.7 Å². The molecule has 2 aliphatic rings. The van der Waals surface area contributed by atoms with Crippen molar-refractivity contribution in [3.05, 3.63) is 65.9 Å². The summed E-state index contributed by atoms with van der Waals surface area (Å²) in [6.07, 6.45) is 3.84. The van der Waals surface area contributed by atoms with Crippen LogP contribution in [0.4, 0.5) is 17.6 Å². The molecule has 0 radical (unpaired) electrons. The summed E-state index contributed by atoms with van der Waals surface area (Å²) >= 11 is 0. The number of para-hydroxylation sites is 2. The highest BCUT2D eigenvalue weighted by atomic mass is 16.2. The van der Waals surface area contributed by atoms with Gasteiger partial charge in [0.25, 0.3) is 5.95 Å². The fourth-order valence-electron chi connectivity index (χ4n) is 6.06. The second-order valence-electron chi connectivity index (χ2n) is 11.5. The maximum absolute atomic E-state index is 14.0. The molecule has 2 aromatic carbocycles. The van der Waals surface area contributed by atoms with Crippen LogP contribution in [0.2, 0.25) is 0 Å². The van der Waals surface area contributed by atoms with Crippen LogP contribution >= 0.6 is 0 Å². The van der Waals surface area contributed by atoms with Gasteiger partial charge in [-0.2, -0.15) is 4.98 Å². The molecule has 11 heteroatoms. The van der Waals surface area contributed by atoms with Gasteiger partial charge in [-0.1, -0.05) is 36.4 Å². The highest BCUT2D eigenvalue weighted by Crippen LogP contribution is 2.49. The number of piperidine rings is 1. The second kappa shape index (κ2) is 9.67. The first kappa shape index (κ1) is 25.9. The predicted octanol–water partition coefficient (Wildman–Crippen LogP) is 2.34. The number of nitrogen functional groups attached to an aromatic ring is 1. The van der Waals surface area contributed by atoms with Gasteiger partial charge in [-0.15, -0.1) is 5.10 Å². The Bertz CT molecular complexity index is 1560. The quantitative estimate of drug-likeness (QED) is 0.250. The number of nitrogens with one attached hydrogen (secondary N) is 3. The molecule has 0 unspecified atom stereocenters. The molecule has 7 N–H and O–H groups in total. The molecule has 0 bridgehead atoms. The van der Waals surface area contributed by atoms with Gasteiger partial charge in [0.05, 0.1) is 5.54 Å². The Kier molecular flexibility index (Phi) is 6.25. The molecule has 0 aliphatic carbocycles. The van der Waals surface area contributed by atoms with Gasteiger partial charge < -0.3 is 31.6 Å². The molecule has 2 aliphatic heterocycles. The summed E-state index contributed by atoms with van der Waals surface area (Å²) in [5.74, 6) is 0.372. The zero-order valence-electron chi connectivity index (χ0n) is 22.8. The minimum atomic E-state index is -1.11. The Morgan fingerprint density at radius 2 is 1.85 bits per heavy atom. The average Bonchev–Trinajstić information content (AvgIpc) is 3.64. The minimum Gasteiger partial charge on any atom is -0.368 e. The van der Waals surface area contributed by atoms with Gasteiger partial charge in [0, 0.05) is 54.3 Å². The Labute approximate surface area is 232 Å². The molecule has 1 atom stereocenters. The van der Waals surface area contributed by atoms with Crippen LogP contribution in [0.25, 0.3) is 10.9 Å². The summed E-state index contributed by atoms with van der Waals surface area (Å²) in [5.41, 5.74) is 14.9. The van der Waals surface area contributed by atoms with Crippen molar-refractivity contribution < 1.29 is 9.59 Å². The lowest BCUT2D eigenvalue weighted by molar-refractivity contribution is -0.138. The van der Waals surface area contributed by atoms with E-state index in [9.17, 15) is 9.59 Å². The van der Waals surface area contributed by atoms with Crippen molar-refractivity contribution in [2.45, 2.75) is 50.1 Å². The van der Waals surface area contributed by atoms with Crippen molar-refractivity contribution in [2.75, 3.05) is 30.3 Å². The van der Waals surface area contributed by atoms with Crippen LogP contribution in [0.5, 0.6) is 0 Å². The van der Waals surface area contributed by atoms with Gasteiger partial charge in [-0.3, -0.25) is 9.59 Å². The molecular formula is C29H35N9O2. The van der Waals surface area contributed by atoms with Gasteiger partial charge in [0.15, 0.2) is 0 Å². The largest absolute Gasteiger partial charge is 0.368 e. The molecule has 11 nitrogen and oxygen atoms in total. The van der Waals surface area contributed by atoms with E-state index in [0.29, 0.717) is 32.0 Å². The summed E-state index contributed by atoms with van der Waals surface area (Å²) in [5, 5.41) is 11.0. The number of hydrogen-bond acceptors (Lipinski definition) is 7. The number of nitrogens with zero attached hydrogens (tertiary/aromatic N) is 4. The number of aromatic nitrogens is 4. The number of nitrogens with two attached hydrogens (primary N) is 2. The van der Waals surface area contributed by atoms with E-state index >= 15 is 0 Å². The number of likely N-dealkylation sites (tertiary alicyclic amines) is 1. The van der Waals surface area contributed by atoms with Gasteiger partial charge in [0.1, 0.15) is 6.04 Å². The summed E-state index contributed by atoms with van der Waals surface area (Å²) in [6, 6.07) is 15.5. The van der Waals surface area contributed by atoms with E-state index in [1.807, 2.05) is 41.4 Å². The van der Waals surface area contributed by atoms with Gasteiger partial charge in [0.2, 0.25) is 17.8 Å². The van der Waals surface area contributed by atoms with Crippen LogP contribution in [0.1, 0.15) is 37.8 Å². The number of fused-ring (bicyclic) bond motifs is 3. The van der Waals surface area contributed by atoms with E-state index in [-0.39, 0.29) is 23.2 Å². The van der Waals surface area contributed by atoms with E-state index in [2.05, 4.69) is 48.6 Å². The highest BCUT2D eigenvalue weighted by molar-refractivity contribution is 5.92. The molecule has 2 aromatic heterocycles. The number of aromatic amines is 2. The van der Waals surface area contributed by atoms with Crippen LogP contribution in [0, 0.1) is 0 Å². The summed E-state index contributed by atoms with van der Waals surface area (Å²) in [7, 11) is 0. The first-order valence-corrected chi connectivity index (χ1v) is 13.6. The van der Waals surface area contributed by atoms with E-state index in [0.717, 1.165) is 35.0 Å². The SMILES string of the molecule is CC(C)(N)C(=O)N[C@H](Cc1c[nH]c2ccccc12)C(=O)N1CCC2(CC1)CN(c1n[nH]c(N)n1)c1ccccc12. The number of carbonyl (C=O) groups excluding carboxylic acids is 2. The van der Waals surface area contributed by atoms with Gasteiger partial charge >= 0.3 is 0 Å². The molecule has 4 heterocycles. The third-order valence-electron chi connectivity index (χ3n) is 8.28. The van der Waals surface area contributed by atoms with Crippen LogP contribution in [0.3, 0.4) is 0 Å². The number of benzene rings is 2. The summed E-state index contributed by atoms with van der Waals surface area (Å²) in [4.78, 5) is 38.5. The molecule has 40 heavy (non-hydrogen) atoms. The first-order chi connectivity index (χ1) is 19.1. The third-order valence-corrected chi connectivity index (χ3v) is 8.28. The molecule has 208 valence electrons. The molecule has 4 aromatic rings. The summed E-state index contributed by atoms with van der Waals surface area (Å²) < 4.78 is 0. The minimum absolute atomic E-state index is 0.0948. The van der Waals surface area contributed by atoms with Crippen molar-refractivity contribution in [1.82, 2.24) is 30.4 Å². The van der Waals surface area contributed by atoms with Gasteiger partial charge in [-0.05, 0) is 49.9 Å². The lowest BCUT2D eigenvalue weighted by Crippen LogP contribution is -2.58. The van der Waals surface area contributed by atoms with Crippen molar-refractivity contribution in [3.63, 3.8) is 0 Å². The molecule has 6 rings (SSSR count). The first-order valence-electron chi connectivity index (χ1n) is 13.6. The maximum Gasteiger partial charge on any atom is 0.250 e. The summed E-state index contributed by atoms with van der Waals surface area (Å²) in [6.45, 7) is 5.14. The molecule has 2 amide bonds. The highest BCUT2D eigenvalue weighted by Gasteiger charge is 2.47. The fraction of sp³-hybridized carbons (Fsp3) is 0.379. The molecule has 1 fully saturated rings. The number of anilines is 3. The topological polar surface area (TPSA) is 162 Å². The number of hydrogen-bond donors (Lipinski definition) is 5. The number of carbonyl (C=O) groups is 2. The lowest BCUT2D eigenvalue weighted by atomic mass is 9.74. The Morgan fingerprint density at radius 3 is 2.58 bits per heavy atom. The number of H-pyrrole nitrogens is 2. The maximum atomic E-state index is 14.0. The molecule has 1 spiro atoms. The van der Waals surface area contributed by atoms with E-state index < -0.39 is 11.6 Å². The Morgan fingerprint density at radius 1 is 1.12 bits per heavy atom. The molecule has 1 saturated heterocycles. The van der Waals surface area contributed by atoms with E-state index in [4.69, 9.17) is 11.5 Å². The monoisotopic (exact) mass is 541 g/mol. The van der Waals surface area contributed by atoms with Crippen molar-refractivity contribution in [2.24, 2.45) is 5.73 Å². The standard InChI is InChI=1S/C29H35N9O2/c1-28(2,31)25(40)33-22(15-18-16-32-21-9-5-3-7-19(18)21)24(39)37-13-11-29(12-14-37)17-38(27-34-26(30)35-36-27)23-10-6-4-8-20(23)29/h3-10,16,22,32H,11-15,17,31H2,1-2H3,(H,33,40)(H3,30,34,35,36)/t22-/m1/s1. The van der Waals surface area contributed by atoms with Crippen molar-refractivity contribution in [1.29, 1.82) is 0 Å². The lowest BCUT2D eigenvalue weighted by Gasteiger charge is -2.41. The van der Waals surface area contributed by atoms with Crippen LogP contribution in [-0.2, 0) is 21.4 Å². The van der Waals surface area contributed by atoms with E-state index in [1.165, 1.54) is 5.56 Å². The smallest absolute Gasteiger partial charge is 0.250 e. The van der Waals surface area contributed by atoms with Crippen LogP contribution in [0.15, 0.2) is 54.7 Å². The predicted molar refractivity (Wildman–Crippen MR) is 154 cm³/mol. The molecule has 0 saturated carbocycles. The Hall–Kier alpha value is -4.38. The van der Waals surface area contributed by atoms with Crippen molar-refractivity contribution in [3.8, 4) is 0 Å². The zero-order chi connectivity index (χ0) is 28.1. The number of amides is 2. The molecular weight excluding hydrogens is 506 g/mol. The fourth-order valence-corrected chi connectivity index (χ4v) is 6.06. The second-order valence-corrected chi connectivity index (χ2v) is 11.5. The van der Waals surface area contributed by atoms with Crippen LogP contribution in [-0.4, -0.2) is 68.1 Å². The van der Waals surface area contributed by atoms with Gasteiger partial charge in [-0.25, -0.2) is 5.10 Å². The normalized spacial score (nSPS) is 17.3. The Balaban J connectivity index is 1.23. The average molecular weight is 542 g/mol.